The average molecular weight is 286 g/mol. The molecule has 0 amide bonds. The summed E-state index contributed by atoms with van der Waals surface area (Å²) < 4.78 is 5.16. The normalized spacial score (nSPS) is 11.8. The van der Waals surface area contributed by atoms with Crippen molar-refractivity contribution in [2.45, 2.75) is 17.2 Å². The van der Waals surface area contributed by atoms with Crippen LogP contribution in [0.1, 0.15) is 17.9 Å². The molecule has 0 N–H and O–H groups in total. The number of methoxy groups -OCH3 is 1. The zero-order chi connectivity index (χ0) is 14.2. The zero-order valence-electron chi connectivity index (χ0n) is 11.5. The summed E-state index contributed by atoms with van der Waals surface area (Å²) in [5, 5.41) is 0. The number of ether oxygens (including phenoxy) is 1. The van der Waals surface area contributed by atoms with Crippen molar-refractivity contribution < 1.29 is 9.53 Å². The monoisotopic (exact) mass is 286 g/mol. The standard InChI is InChI=1S/C17H18O2S/c1-19-16-9-7-14(8-10-16)15(11-12-18)13-20-17-5-3-2-4-6-17/h2-10,12,15H,11,13H2,1H3/t15-/m1/s1. The largest absolute Gasteiger partial charge is 0.497 e. The van der Waals surface area contributed by atoms with Gasteiger partial charge in [0.25, 0.3) is 0 Å². The number of thioether (sulfide) groups is 1. The van der Waals surface area contributed by atoms with Crippen LogP contribution in [0.25, 0.3) is 0 Å². The summed E-state index contributed by atoms with van der Waals surface area (Å²) in [6, 6.07) is 18.2. The lowest BCUT2D eigenvalue weighted by atomic mass is 9.98. The lowest BCUT2D eigenvalue weighted by Gasteiger charge is -2.15. The molecule has 20 heavy (non-hydrogen) atoms. The van der Waals surface area contributed by atoms with E-state index in [1.54, 1.807) is 18.9 Å². The predicted octanol–water partition coefficient (Wildman–Crippen LogP) is 4.16. The average Bonchev–Trinajstić information content (AvgIpc) is 2.52. The Kier molecular flexibility index (Phi) is 5.69. The summed E-state index contributed by atoms with van der Waals surface area (Å²) in [7, 11) is 1.66. The fraction of sp³-hybridized carbons (Fsp3) is 0.235. The summed E-state index contributed by atoms with van der Waals surface area (Å²) in [5.74, 6) is 1.98. The molecule has 104 valence electrons. The molecule has 0 saturated carbocycles. The first kappa shape index (κ1) is 14.7. The first-order chi connectivity index (χ1) is 9.83. The van der Waals surface area contributed by atoms with Crippen LogP contribution in [0.2, 0.25) is 0 Å². The topological polar surface area (TPSA) is 26.3 Å². The number of rotatable bonds is 7. The second-order valence-electron chi connectivity index (χ2n) is 4.50. The van der Waals surface area contributed by atoms with Gasteiger partial charge in [0.05, 0.1) is 7.11 Å². The summed E-state index contributed by atoms with van der Waals surface area (Å²) in [6.07, 6.45) is 1.55. The van der Waals surface area contributed by atoms with E-state index in [9.17, 15) is 4.79 Å². The van der Waals surface area contributed by atoms with E-state index >= 15 is 0 Å². The maximum atomic E-state index is 10.9. The van der Waals surface area contributed by atoms with Crippen LogP contribution in [0.5, 0.6) is 5.75 Å². The summed E-state index contributed by atoms with van der Waals surface area (Å²) in [5.41, 5.74) is 1.18. The van der Waals surface area contributed by atoms with E-state index in [2.05, 4.69) is 12.1 Å². The van der Waals surface area contributed by atoms with E-state index in [4.69, 9.17) is 4.74 Å². The molecule has 0 aliphatic rings. The van der Waals surface area contributed by atoms with Gasteiger partial charge in [-0.05, 0) is 35.7 Å². The smallest absolute Gasteiger partial charge is 0.120 e. The van der Waals surface area contributed by atoms with Crippen molar-refractivity contribution in [3.05, 3.63) is 60.2 Å². The van der Waals surface area contributed by atoms with Crippen molar-refractivity contribution in [1.82, 2.24) is 0 Å². The lowest BCUT2D eigenvalue weighted by Crippen LogP contribution is -2.03. The van der Waals surface area contributed by atoms with Gasteiger partial charge in [0.1, 0.15) is 12.0 Å². The third-order valence-electron chi connectivity index (χ3n) is 3.16. The molecule has 0 aromatic heterocycles. The Morgan fingerprint density at radius 3 is 2.40 bits per heavy atom. The van der Waals surface area contributed by atoms with Gasteiger partial charge in [0.15, 0.2) is 0 Å². The van der Waals surface area contributed by atoms with Gasteiger partial charge in [-0.15, -0.1) is 11.8 Å². The molecule has 0 spiro atoms. The van der Waals surface area contributed by atoms with Crippen LogP contribution in [0.3, 0.4) is 0 Å². The van der Waals surface area contributed by atoms with Crippen LogP contribution >= 0.6 is 11.8 Å². The molecule has 0 aliphatic heterocycles. The third-order valence-corrected chi connectivity index (χ3v) is 4.34. The third kappa shape index (κ3) is 4.14. The number of aldehydes is 1. The molecule has 0 saturated heterocycles. The fourth-order valence-electron chi connectivity index (χ4n) is 2.01. The second kappa shape index (κ2) is 7.75. The van der Waals surface area contributed by atoms with E-state index in [1.165, 1.54) is 10.5 Å². The van der Waals surface area contributed by atoms with Crippen molar-refractivity contribution >= 4 is 18.0 Å². The molecule has 0 radical (unpaired) electrons. The Labute approximate surface area is 124 Å². The fourth-order valence-corrected chi connectivity index (χ4v) is 3.08. The second-order valence-corrected chi connectivity index (χ2v) is 5.59. The van der Waals surface area contributed by atoms with Crippen LogP contribution in [0.4, 0.5) is 0 Å². The number of benzene rings is 2. The Balaban J connectivity index is 2.04. The summed E-state index contributed by atoms with van der Waals surface area (Å²) in [4.78, 5) is 12.1. The van der Waals surface area contributed by atoms with E-state index in [0.717, 1.165) is 17.8 Å². The first-order valence-corrected chi connectivity index (χ1v) is 7.57. The minimum Gasteiger partial charge on any atom is -0.497 e. The van der Waals surface area contributed by atoms with Crippen molar-refractivity contribution in [3.8, 4) is 5.75 Å². The molecule has 2 rings (SSSR count). The predicted molar refractivity (Wildman–Crippen MR) is 83.6 cm³/mol. The molecule has 0 unspecified atom stereocenters. The SMILES string of the molecule is COc1ccc([C@H](CC=O)CSc2ccccc2)cc1. The van der Waals surface area contributed by atoms with Crippen LogP contribution in [0.15, 0.2) is 59.5 Å². The van der Waals surface area contributed by atoms with Crippen LogP contribution in [-0.4, -0.2) is 19.1 Å². The van der Waals surface area contributed by atoms with E-state index in [0.29, 0.717) is 6.42 Å². The van der Waals surface area contributed by atoms with Gasteiger partial charge in [0, 0.05) is 17.1 Å². The minimum absolute atomic E-state index is 0.239. The van der Waals surface area contributed by atoms with E-state index < -0.39 is 0 Å². The first-order valence-electron chi connectivity index (χ1n) is 6.59. The van der Waals surface area contributed by atoms with Crippen molar-refractivity contribution in [3.63, 3.8) is 0 Å². The van der Waals surface area contributed by atoms with Crippen molar-refractivity contribution in [2.24, 2.45) is 0 Å². The number of carbonyl (C=O) groups excluding carboxylic acids is 1. The zero-order valence-corrected chi connectivity index (χ0v) is 12.3. The van der Waals surface area contributed by atoms with Crippen molar-refractivity contribution in [2.75, 3.05) is 12.9 Å². The Bertz CT molecular complexity index is 522. The molecule has 2 nitrogen and oxygen atoms in total. The number of carbonyl (C=O) groups is 1. The number of hydrogen-bond acceptors (Lipinski definition) is 3. The molecule has 2 aromatic rings. The lowest BCUT2D eigenvalue weighted by molar-refractivity contribution is -0.108. The molecule has 2 aromatic carbocycles. The minimum atomic E-state index is 0.239. The molecule has 0 aliphatic carbocycles. The molecule has 0 fully saturated rings. The molecular formula is C17H18O2S. The van der Waals surface area contributed by atoms with Gasteiger partial charge >= 0.3 is 0 Å². The highest BCUT2D eigenvalue weighted by atomic mass is 32.2. The van der Waals surface area contributed by atoms with Crippen LogP contribution in [0, 0.1) is 0 Å². The highest BCUT2D eigenvalue weighted by molar-refractivity contribution is 7.99. The Morgan fingerprint density at radius 1 is 1.10 bits per heavy atom. The van der Waals surface area contributed by atoms with Crippen molar-refractivity contribution in [1.29, 1.82) is 0 Å². The molecule has 0 bridgehead atoms. The maximum Gasteiger partial charge on any atom is 0.120 e. The van der Waals surface area contributed by atoms with Gasteiger partial charge in [-0.1, -0.05) is 30.3 Å². The molecular weight excluding hydrogens is 268 g/mol. The van der Waals surface area contributed by atoms with Gasteiger partial charge in [-0.3, -0.25) is 0 Å². The summed E-state index contributed by atoms with van der Waals surface area (Å²) in [6.45, 7) is 0. The Hall–Kier alpha value is -1.74. The molecule has 1 atom stereocenters. The van der Waals surface area contributed by atoms with E-state index in [1.807, 2.05) is 42.5 Å². The maximum absolute atomic E-state index is 10.9. The van der Waals surface area contributed by atoms with Gasteiger partial charge < -0.3 is 9.53 Å². The highest BCUT2D eigenvalue weighted by Gasteiger charge is 2.12. The van der Waals surface area contributed by atoms with Gasteiger partial charge in [-0.2, -0.15) is 0 Å². The van der Waals surface area contributed by atoms with Gasteiger partial charge in [0.2, 0.25) is 0 Å². The number of hydrogen-bond donors (Lipinski definition) is 0. The quantitative estimate of drug-likeness (QED) is 0.564. The van der Waals surface area contributed by atoms with Gasteiger partial charge in [-0.25, -0.2) is 0 Å². The Morgan fingerprint density at radius 2 is 1.80 bits per heavy atom. The molecule has 3 heteroatoms. The molecule has 0 heterocycles. The van der Waals surface area contributed by atoms with Crippen LogP contribution < -0.4 is 4.74 Å². The summed E-state index contributed by atoms with van der Waals surface area (Å²) >= 11 is 1.78. The van der Waals surface area contributed by atoms with Crippen LogP contribution in [-0.2, 0) is 4.79 Å². The van der Waals surface area contributed by atoms with E-state index in [-0.39, 0.29) is 5.92 Å². The highest BCUT2D eigenvalue weighted by Crippen LogP contribution is 2.29.